The molecule has 0 saturated carbocycles. The normalized spacial score (nSPS) is 16.2. The fourth-order valence-corrected chi connectivity index (χ4v) is 6.48. The van der Waals surface area contributed by atoms with Crippen molar-refractivity contribution in [2.75, 3.05) is 32.5 Å². The van der Waals surface area contributed by atoms with Crippen molar-refractivity contribution in [1.82, 2.24) is 9.88 Å². The first-order valence-corrected chi connectivity index (χ1v) is 14.2. The van der Waals surface area contributed by atoms with E-state index in [1.807, 2.05) is 12.1 Å². The number of aliphatic carboxylic acids is 1. The first kappa shape index (κ1) is 30.1. The van der Waals surface area contributed by atoms with Crippen molar-refractivity contribution in [2.24, 2.45) is 11.1 Å². The molecule has 0 bridgehead atoms. The van der Waals surface area contributed by atoms with Crippen LogP contribution in [0.4, 0.5) is 13.2 Å². The molecule has 1 fully saturated rings. The Morgan fingerprint density at radius 3 is 2.52 bits per heavy atom. The van der Waals surface area contributed by atoms with E-state index in [2.05, 4.69) is 9.88 Å². The number of pyridine rings is 1. The molecule has 0 amide bonds. The first-order chi connectivity index (χ1) is 19.1. The lowest BCUT2D eigenvalue weighted by atomic mass is 9.71. The maximum absolute atomic E-state index is 13.9. The number of hydrogen-bond donors (Lipinski definition) is 3. The standard InChI is InChI=1S/C29H34F3N3O4S/c1-39-20-2-3-24-21(14-20)27(18(16-33)17-34-24)25(36)4-5-29(15-26(37)38)6-8-35(9-7-29)10-11-40-28-22(31)12-19(30)13-23(28)32/h2-3,12-14,17,25,36H,4-11,15-16,33H2,1H3,(H,37,38)/t25-/m1/s1. The number of ether oxygens (including phenoxy) is 1. The molecule has 1 aliphatic rings. The van der Waals surface area contributed by atoms with E-state index in [1.54, 1.807) is 19.4 Å². The smallest absolute Gasteiger partial charge is 0.303 e. The van der Waals surface area contributed by atoms with Crippen LogP contribution in [0.25, 0.3) is 10.9 Å². The van der Waals surface area contributed by atoms with Gasteiger partial charge in [0.1, 0.15) is 23.2 Å². The van der Waals surface area contributed by atoms with Crippen LogP contribution in [-0.4, -0.2) is 58.6 Å². The number of carboxylic acids is 1. The largest absolute Gasteiger partial charge is 0.497 e. The van der Waals surface area contributed by atoms with Crippen LogP contribution < -0.4 is 10.5 Å². The highest BCUT2D eigenvalue weighted by Gasteiger charge is 2.37. The molecule has 0 aliphatic carbocycles. The number of hydrogen-bond acceptors (Lipinski definition) is 7. The molecule has 3 aromatic rings. The number of aliphatic hydroxyl groups is 1. The van der Waals surface area contributed by atoms with Crippen molar-refractivity contribution in [2.45, 2.75) is 49.6 Å². The zero-order valence-corrected chi connectivity index (χ0v) is 23.2. The first-order valence-electron chi connectivity index (χ1n) is 13.2. The summed E-state index contributed by atoms with van der Waals surface area (Å²) in [6.07, 6.45) is 2.89. The number of aromatic nitrogens is 1. The van der Waals surface area contributed by atoms with Crippen molar-refractivity contribution >= 4 is 28.6 Å². The third-order valence-corrected chi connectivity index (χ3v) is 8.83. The predicted octanol–water partition coefficient (Wildman–Crippen LogP) is 5.28. The Kier molecular flexibility index (Phi) is 9.94. The number of nitrogens with zero attached hydrogens (tertiary/aromatic N) is 2. The van der Waals surface area contributed by atoms with Gasteiger partial charge >= 0.3 is 5.97 Å². The summed E-state index contributed by atoms with van der Waals surface area (Å²) in [5.74, 6) is -2.63. The van der Waals surface area contributed by atoms with Crippen LogP contribution in [-0.2, 0) is 11.3 Å². The van der Waals surface area contributed by atoms with E-state index in [4.69, 9.17) is 10.5 Å². The SMILES string of the molecule is COc1ccc2ncc(CN)c([C@H](O)CCC3(CC(=O)O)CCN(CCSc4c(F)cc(F)cc4F)CC3)c2c1. The number of thioether (sulfide) groups is 1. The molecule has 0 spiro atoms. The fourth-order valence-electron chi connectivity index (χ4n) is 5.53. The van der Waals surface area contributed by atoms with Crippen LogP contribution in [0.1, 0.15) is 49.3 Å². The number of halogens is 3. The molecule has 1 saturated heterocycles. The maximum atomic E-state index is 13.9. The number of benzene rings is 2. The average molecular weight is 578 g/mol. The number of methoxy groups -OCH3 is 1. The molecule has 11 heteroatoms. The molecule has 7 nitrogen and oxygen atoms in total. The van der Waals surface area contributed by atoms with Crippen molar-refractivity contribution < 1.29 is 32.9 Å². The van der Waals surface area contributed by atoms with E-state index in [9.17, 15) is 28.2 Å². The van der Waals surface area contributed by atoms with E-state index >= 15 is 0 Å². The van der Waals surface area contributed by atoms with Crippen LogP contribution in [0.3, 0.4) is 0 Å². The maximum Gasteiger partial charge on any atom is 0.303 e. The zero-order valence-electron chi connectivity index (χ0n) is 22.3. The van der Waals surface area contributed by atoms with Gasteiger partial charge in [0, 0.05) is 42.6 Å². The molecule has 1 aromatic heterocycles. The van der Waals surface area contributed by atoms with Gasteiger partial charge in [0.2, 0.25) is 0 Å². The number of rotatable bonds is 12. The molecule has 1 atom stereocenters. The van der Waals surface area contributed by atoms with Crippen molar-refractivity contribution in [1.29, 1.82) is 0 Å². The van der Waals surface area contributed by atoms with Gasteiger partial charge in [-0.1, -0.05) is 0 Å². The summed E-state index contributed by atoms with van der Waals surface area (Å²) in [5, 5.41) is 21.8. The summed E-state index contributed by atoms with van der Waals surface area (Å²) < 4.78 is 46.4. The topological polar surface area (TPSA) is 109 Å². The number of carbonyl (C=O) groups is 1. The van der Waals surface area contributed by atoms with Gasteiger partial charge in [-0.3, -0.25) is 9.78 Å². The average Bonchev–Trinajstić information content (AvgIpc) is 2.92. The van der Waals surface area contributed by atoms with Crippen LogP contribution in [0.5, 0.6) is 5.75 Å². The number of nitrogens with two attached hydrogens (primary N) is 1. The predicted molar refractivity (Wildman–Crippen MR) is 148 cm³/mol. The Hall–Kier alpha value is -2.86. The summed E-state index contributed by atoms with van der Waals surface area (Å²) >= 11 is 0.995. The number of likely N-dealkylation sites (tertiary alicyclic amines) is 1. The highest BCUT2D eigenvalue weighted by Crippen LogP contribution is 2.42. The van der Waals surface area contributed by atoms with E-state index in [-0.39, 0.29) is 17.9 Å². The van der Waals surface area contributed by atoms with Crippen LogP contribution in [0.15, 0.2) is 41.4 Å². The second kappa shape index (κ2) is 13.2. The van der Waals surface area contributed by atoms with Gasteiger partial charge in [-0.15, -0.1) is 11.8 Å². The highest BCUT2D eigenvalue weighted by atomic mass is 32.2. The second-order valence-corrected chi connectivity index (χ2v) is 11.4. The Morgan fingerprint density at radius 2 is 1.90 bits per heavy atom. The lowest BCUT2D eigenvalue weighted by Crippen LogP contribution is -2.42. The molecule has 40 heavy (non-hydrogen) atoms. The molecule has 4 N–H and O–H groups in total. The Balaban J connectivity index is 1.41. The molecular formula is C29H34F3N3O4S. The van der Waals surface area contributed by atoms with E-state index < -0.39 is 34.9 Å². The van der Waals surface area contributed by atoms with Gasteiger partial charge in [0.25, 0.3) is 0 Å². The lowest BCUT2D eigenvalue weighted by Gasteiger charge is -2.41. The van der Waals surface area contributed by atoms with Crippen molar-refractivity contribution in [3.05, 3.63) is 65.1 Å². The Labute approximate surface area is 235 Å². The summed E-state index contributed by atoms with van der Waals surface area (Å²) in [7, 11) is 1.57. The summed E-state index contributed by atoms with van der Waals surface area (Å²) in [6.45, 7) is 2.01. The third kappa shape index (κ3) is 7.06. The minimum Gasteiger partial charge on any atom is -0.497 e. The summed E-state index contributed by atoms with van der Waals surface area (Å²) in [4.78, 5) is 18.2. The van der Waals surface area contributed by atoms with E-state index in [0.29, 0.717) is 80.0 Å². The van der Waals surface area contributed by atoms with E-state index in [0.717, 1.165) is 22.7 Å². The molecular weight excluding hydrogens is 543 g/mol. The molecule has 1 aliphatic heterocycles. The quantitative estimate of drug-likeness (QED) is 0.250. The van der Waals surface area contributed by atoms with Crippen LogP contribution >= 0.6 is 11.8 Å². The fraction of sp³-hybridized carbons (Fsp3) is 0.448. The molecule has 0 radical (unpaired) electrons. The number of carboxylic acid groups (broad SMARTS) is 1. The number of fused-ring (bicyclic) bond motifs is 1. The summed E-state index contributed by atoms with van der Waals surface area (Å²) in [6, 6.07) is 6.79. The summed E-state index contributed by atoms with van der Waals surface area (Å²) in [5.41, 5.74) is 7.60. The van der Waals surface area contributed by atoms with Gasteiger partial charge in [0.05, 0.1) is 30.0 Å². The van der Waals surface area contributed by atoms with E-state index in [1.165, 1.54) is 0 Å². The highest BCUT2D eigenvalue weighted by molar-refractivity contribution is 7.99. The van der Waals surface area contributed by atoms with Gasteiger partial charge in [0.15, 0.2) is 0 Å². The van der Waals surface area contributed by atoms with Crippen LogP contribution in [0, 0.1) is 22.9 Å². The van der Waals surface area contributed by atoms with Crippen molar-refractivity contribution in [3.8, 4) is 5.75 Å². The monoisotopic (exact) mass is 577 g/mol. The molecule has 216 valence electrons. The Bertz CT molecular complexity index is 1320. The number of piperidine rings is 1. The zero-order chi connectivity index (χ0) is 28.9. The Morgan fingerprint density at radius 1 is 1.20 bits per heavy atom. The molecule has 0 unspecified atom stereocenters. The minimum atomic E-state index is -0.952. The second-order valence-electron chi connectivity index (χ2n) is 10.3. The van der Waals surface area contributed by atoms with Gasteiger partial charge < -0.3 is 25.6 Å². The van der Waals surface area contributed by atoms with Crippen molar-refractivity contribution in [3.63, 3.8) is 0 Å². The van der Waals surface area contributed by atoms with Gasteiger partial charge in [-0.05, 0) is 73.5 Å². The van der Waals surface area contributed by atoms with Crippen LogP contribution in [0.2, 0.25) is 0 Å². The molecule has 4 rings (SSSR count). The van der Waals surface area contributed by atoms with Gasteiger partial charge in [-0.2, -0.15) is 0 Å². The molecule has 2 aromatic carbocycles. The minimum absolute atomic E-state index is 0.0109. The lowest BCUT2D eigenvalue weighted by molar-refractivity contribution is -0.141. The third-order valence-electron chi connectivity index (χ3n) is 7.76. The van der Waals surface area contributed by atoms with Gasteiger partial charge in [-0.25, -0.2) is 13.2 Å². The molecule has 2 heterocycles. The number of aliphatic hydroxyl groups excluding tert-OH is 1.